The minimum Gasteiger partial charge on any atom is -0.481 e. The lowest BCUT2D eigenvalue weighted by atomic mass is 10.0. The van der Waals surface area contributed by atoms with Crippen LogP contribution in [-0.2, 0) is 9.53 Å². The Morgan fingerprint density at radius 2 is 1.79 bits per heavy atom. The third-order valence-corrected chi connectivity index (χ3v) is 4.98. The molecule has 7 heteroatoms. The van der Waals surface area contributed by atoms with Crippen LogP contribution < -0.4 is 10.1 Å². The number of hydrogen-bond acceptors (Lipinski definition) is 5. The number of ether oxygens (including phenoxy) is 2. The molecule has 29 heavy (non-hydrogen) atoms. The molecule has 3 aromatic rings. The molecule has 0 saturated carbocycles. The molecule has 0 bridgehead atoms. The van der Waals surface area contributed by atoms with Crippen molar-refractivity contribution in [3.05, 3.63) is 71.4 Å². The topological polar surface area (TPSA) is 64.6 Å². The number of amides is 1. The Bertz CT molecular complexity index is 986. The number of anilines is 1. The van der Waals surface area contributed by atoms with Gasteiger partial charge in [0.1, 0.15) is 22.1 Å². The summed E-state index contributed by atoms with van der Waals surface area (Å²) < 4.78 is 23.8. The Balaban J connectivity index is 1.82. The molecular formula is C22H20FNO4S. The van der Waals surface area contributed by atoms with Crippen LogP contribution in [0.25, 0.3) is 11.1 Å². The van der Waals surface area contributed by atoms with E-state index in [1.807, 2.05) is 35.7 Å². The third-order valence-electron chi connectivity index (χ3n) is 4.09. The SMILES string of the molecule is CCOC(=O)c1c(-c2ccccc2)csc1NC(=O)C(C)Oc1ccc(F)cc1. The molecule has 1 heterocycles. The van der Waals surface area contributed by atoms with Gasteiger partial charge in [0, 0.05) is 10.9 Å². The first kappa shape index (κ1) is 20.5. The number of nitrogens with one attached hydrogen (secondary N) is 1. The number of esters is 1. The van der Waals surface area contributed by atoms with Gasteiger partial charge in [-0.3, -0.25) is 4.79 Å². The first-order chi connectivity index (χ1) is 14.0. The number of thiophene rings is 1. The van der Waals surface area contributed by atoms with Gasteiger partial charge in [0.15, 0.2) is 6.10 Å². The van der Waals surface area contributed by atoms with Crippen LogP contribution >= 0.6 is 11.3 Å². The molecule has 0 radical (unpaired) electrons. The second-order valence-electron chi connectivity index (χ2n) is 6.14. The monoisotopic (exact) mass is 413 g/mol. The van der Waals surface area contributed by atoms with E-state index in [9.17, 15) is 14.0 Å². The van der Waals surface area contributed by atoms with Gasteiger partial charge in [-0.1, -0.05) is 30.3 Å². The van der Waals surface area contributed by atoms with E-state index in [4.69, 9.17) is 9.47 Å². The van der Waals surface area contributed by atoms with Crippen molar-refractivity contribution in [1.29, 1.82) is 0 Å². The molecule has 1 unspecified atom stereocenters. The van der Waals surface area contributed by atoms with E-state index in [0.717, 1.165) is 5.56 Å². The summed E-state index contributed by atoms with van der Waals surface area (Å²) in [4.78, 5) is 25.2. The van der Waals surface area contributed by atoms with Crippen molar-refractivity contribution in [2.45, 2.75) is 20.0 Å². The summed E-state index contributed by atoms with van der Waals surface area (Å²) in [5.74, 6) is -0.951. The van der Waals surface area contributed by atoms with E-state index >= 15 is 0 Å². The van der Waals surface area contributed by atoms with Gasteiger partial charge in [0.25, 0.3) is 5.91 Å². The molecule has 1 amide bonds. The lowest BCUT2D eigenvalue weighted by Gasteiger charge is -2.15. The van der Waals surface area contributed by atoms with Crippen LogP contribution in [0.15, 0.2) is 60.0 Å². The molecule has 0 aliphatic heterocycles. The average Bonchev–Trinajstić information content (AvgIpc) is 3.14. The van der Waals surface area contributed by atoms with Gasteiger partial charge in [-0.15, -0.1) is 11.3 Å². The van der Waals surface area contributed by atoms with E-state index in [1.54, 1.807) is 13.8 Å². The van der Waals surface area contributed by atoms with Crippen LogP contribution in [0.1, 0.15) is 24.2 Å². The number of rotatable bonds is 7. The van der Waals surface area contributed by atoms with E-state index in [1.165, 1.54) is 35.6 Å². The second-order valence-corrected chi connectivity index (χ2v) is 7.02. The van der Waals surface area contributed by atoms with Crippen molar-refractivity contribution in [3.8, 4) is 16.9 Å². The van der Waals surface area contributed by atoms with Gasteiger partial charge in [0.2, 0.25) is 0 Å². The number of halogens is 1. The molecule has 3 rings (SSSR count). The molecular weight excluding hydrogens is 393 g/mol. The van der Waals surface area contributed by atoms with Gasteiger partial charge in [0.05, 0.1) is 6.61 Å². The van der Waals surface area contributed by atoms with Gasteiger partial charge >= 0.3 is 5.97 Å². The summed E-state index contributed by atoms with van der Waals surface area (Å²) in [5, 5.41) is 4.95. The smallest absolute Gasteiger partial charge is 0.341 e. The lowest BCUT2D eigenvalue weighted by Crippen LogP contribution is -2.30. The highest BCUT2D eigenvalue weighted by atomic mass is 32.1. The highest BCUT2D eigenvalue weighted by molar-refractivity contribution is 7.15. The molecule has 0 aliphatic carbocycles. The fourth-order valence-electron chi connectivity index (χ4n) is 2.67. The first-order valence-corrected chi connectivity index (χ1v) is 9.94. The van der Waals surface area contributed by atoms with Crippen LogP contribution in [0.2, 0.25) is 0 Å². The van der Waals surface area contributed by atoms with Crippen LogP contribution in [0.5, 0.6) is 5.75 Å². The third kappa shape index (κ3) is 5.00. The molecule has 1 aromatic heterocycles. The normalized spacial score (nSPS) is 11.6. The predicted octanol–water partition coefficient (Wildman–Crippen LogP) is 5.14. The standard InChI is InChI=1S/C22H20FNO4S/c1-3-27-22(26)19-18(15-7-5-4-6-8-15)13-29-21(19)24-20(25)14(2)28-17-11-9-16(23)10-12-17/h4-14H,3H2,1-2H3,(H,24,25). The minimum absolute atomic E-state index is 0.223. The minimum atomic E-state index is -0.849. The maximum absolute atomic E-state index is 13.0. The van der Waals surface area contributed by atoms with Crippen molar-refractivity contribution < 1.29 is 23.5 Å². The molecule has 0 fully saturated rings. The summed E-state index contributed by atoms with van der Waals surface area (Å²) in [6.45, 7) is 3.53. The van der Waals surface area contributed by atoms with Gasteiger partial charge in [-0.2, -0.15) is 0 Å². The van der Waals surface area contributed by atoms with Crippen LogP contribution in [0, 0.1) is 5.82 Å². The highest BCUT2D eigenvalue weighted by Gasteiger charge is 2.24. The Morgan fingerprint density at radius 1 is 1.10 bits per heavy atom. The zero-order chi connectivity index (χ0) is 20.8. The van der Waals surface area contributed by atoms with E-state index in [0.29, 0.717) is 21.9 Å². The maximum Gasteiger partial charge on any atom is 0.341 e. The zero-order valence-corrected chi connectivity index (χ0v) is 16.8. The molecule has 150 valence electrons. The van der Waals surface area contributed by atoms with Crippen LogP contribution in [0.3, 0.4) is 0 Å². The van der Waals surface area contributed by atoms with Gasteiger partial charge in [-0.05, 0) is 43.7 Å². The number of carbonyl (C=O) groups is 2. The molecule has 5 nitrogen and oxygen atoms in total. The number of hydrogen-bond donors (Lipinski definition) is 1. The van der Waals surface area contributed by atoms with Crippen molar-refractivity contribution in [3.63, 3.8) is 0 Å². The second kappa shape index (κ2) is 9.34. The summed E-state index contributed by atoms with van der Waals surface area (Å²) in [6, 6.07) is 14.8. The quantitative estimate of drug-likeness (QED) is 0.545. The van der Waals surface area contributed by atoms with Crippen molar-refractivity contribution in [2.24, 2.45) is 0 Å². The van der Waals surface area contributed by atoms with Gasteiger partial charge in [-0.25, -0.2) is 9.18 Å². The average molecular weight is 413 g/mol. The van der Waals surface area contributed by atoms with E-state index in [2.05, 4.69) is 5.32 Å². The van der Waals surface area contributed by atoms with Crippen molar-refractivity contribution in [2.75, 3.05) is 11.9 Å². The molecule has 1 N–H and O–H groups in total. The lowest BCUT2D eigenvalue weighted by molar-refractivity contribution is -0.122. The van der Waals surface area contributed by atoms with Crippen LogP contribution in [0.4, 0.5) is 9.39 Å². The Morgan fingerprint density at radius 3 is 2.45 bits per heavy atom. The number of carbonyl (C=O) groups excluding carboxylic acids is 2. The molecule has 0 aliphatic rings. The summed E-state index contributed by atoms with van der Waals surface area (Å²) in [5.41, 5.74) is 1.85. The Kier molecular flexibility index (Phi) is 6.61. The Hall–Kier alpha value is -3.19. The summed E-state index contributed by atoms with van der Waals surface area (Å²) in [6.07, 6.45) is -0.849. The van der Waals surface area contributed by atoms with Gasteiger partial charge < -0.3 is 14.8 Å². The first-order valence-electron chi connectivity index (χ1n) is 9.06. The number of benzene rings is 2. The largest absolute Gasteiger partial charge is 0.481 e. The summed E-state index contributed by atoms with van der Waals surface area (Å²) in [7, 11) is 0. The zero-order valence-electron chi connectivity index (χ0n) is 16.0. The predicted molar refractivity (Wildman–Crippen MR) is 111 cm³/mol. The van der Waals surface area contributed by atoms with E-state index < -0.39 is 18.0 Å². The van der Waals surface area contributed by atoms with Crippen molar-refractivity contribution >= 4 is 28.2 Å². The fraction of sp³-hybridized carbons (Fsp3) is 0.182. The Labute approximate surface area is 172 Å². The maximum atomic E-state index is 13.0. The van der Waals surface area contributed by atoms with Crippen molar-refractivity contribution in [1.82, 2.24) is 0 Å². The highest BCUT2D eigenvalue weighted by Crippen LogP contribution is 2.36. The molecule has 0 spiro atoms. The molecule has 0 saturated heterocycles. The van der Waals surface area contributed by atoms with E-state index in [-0.39, 0.29) is 12.4 Å². The molecule has 1 atom stereocenters. The van der Waals surface area contributed by atoms with Crippen LogP contribution in [-0.4, -0.2) is 24.6 Å². The fourth-order valence-corrected chi connectivity index (χ4v) is 3.63. The summed E-state index contributed by atoms with van der Waals surface area (Å²) >= 11 is 1.24. The molecule has 2 aromatic carbocycles.